The van der Waals surface area contributed by atoms with Gasteiger partial charge in [0.15, 0.2) is 16.6 Å². The molecule has 0 amide bonds. The molecule has 0 N–H and O–H groups in total. The molecule has 5 atom stereocenters. The van der Waals surface area contributed by atoms with Crippen LogP contribution >= 0.6 is 0 Å². The van der Waals surface area contributed by atoms with E-state index in [1.54, 1.807) is 0 Å². The van der Waals surface area contributed by atoms with Crippen molar-refractivity contribution in [2.45, 2.75) is 148 Å². The lowest BCUT2D eigenvalue weighted by atomic mass is 9.89. The highest BCUT2D eigenvalue weighted by atomic mass is 28.4. The van der Waals surface area contributed by atoms with Crippen LogP contribution in [0.2, 0.25) is 36.3 Å². The standard InChI is InChI=1S/C34H62O4Si2/c1-13-14-15-19-28(37-39(9,10)33(2,3)4)21-22-29-30-24-26(18-16-17-20-32(35)36-8)23-27(30)25-31(29)38-40(11,12)34(5,6)7/h16,18,21-23,27-31H,13-15,17,19-20,24-25H2,1-12H3/b18-16+,22-21+. The summed E-state index contributed by atoms with van der Waals surface area (Å²) in [5, 5.41) is 0.386. The fourth-order valence-corrected chi connectivity index (χ4v) is 8.13. The largest absolute Gasteiger partial charge is 0.469 e. The zero-order valence-corrected chi connectivity index (χ0v) is 30.1. The van der Waals surface area contributed by atoms with E-state index in [4.69, 9.17) is 13.6 Å². The predicted octanol–water partition coefficient (Wildman–Crippen LogP) is 10.00. The zero-order chi connectivity index (χ0) is 30.4. The van der Waals surface area contributed by atoms with Crippen LogP contribution in [-0.4, -0.2) is 41.9 Å². The van der Waals surface area contributed by atoms with Crippen molar-refractivity contribution < 1.29 is 18.4 Å². The highest BCUT2D eigenvalue weighted by Crippen LogP contribution is 2.51. The van der Waals surface area contributed by atoms with E-state index in [0.717, 1.165) is 25.7 Å². The Balaban J connectivity index is 2.28. The van der Waals surface area contributed by atoms with E-state index in [2.05, 4.69) is 105 Å². The SMILES string of the molecule is CCCCCC(/C=C/C1C(O[Si](C)(C)C(C)(C)C)CC2C=C(/C=C/CCC(=O)OC)CC21)O[Si](C)(C)C(C)(C)C. The van der Waals surface area contributed by atoms with E-state index >= 15 is 0 Å². The fraction of sp³-hybridized carbons (Fsp3) is 0.794. The molecule has 40 heavy (non-hydrogen) atoms. The third kappa shape index (κ3) is 9.81. The molecule has 6 heteroatoms. The molecule has 2 aliphatic carbocycles. The molecule has 1 saturated carbocycles. The third-order valence-electron chi connectivity index (χ3n) is 10.1. The lowest BCUT2D eigenvalue weighted by molar-refractivity contribution is -0.140. The predicted molar refractivity (Wildman–Crippen MR) is 176 cm³/mol. The lowest BCUT2D eigenvalue weighted by Crippen LogP contribution is -2.45. The van der Waals surface area contributed by atoms with Gasteiger partial charge in [-0.25, -0.2) is 0 Å². The summed E-state index contributed by atoms with van der Waals surface area (Å²) in [5.74, 6) is 1.36. The Hall–Kier alpha value is -0.956. The summed E-state index contributed by atoms with van der Waals surface area (Å²) in [4.78, 5) is 11.5. The van der Waals surface area contributed by atoms with E-state index in [1.807, 2.05) is 0 Å². The van der Waals surface area contributed by atoms with E-state index in [9.17, 15) is 4.79 Å². The first-order valence-electron chi connectivity index (χ1n) is 15.9. The summed E-state index contributed by atoms with van der Waals surface area (Å²) < 4.78 is 18.9. The summed E-state index contributed by atoms with van der Waals surface area (Å²) in [6.45, 7) is 25.8. The number of allylic oxidation sites excluding steroid dienone is 4. The van der Waals surface area contributed by atoms with Gasteiger partial charge in [-0.1, -0.05) is 104 Å². The van der Waals surface area contributed by atoms with Crippen molar-refractivity contribution in [1.29, 1.82) is 0 Å². The number of fused-ring (bicyclic) bond motifs is 1. The number of esters is 1. The van der Waals surface area contributed by atoms with Crippen molar-refractivity contribution >= 4 is 22.6 Å². The fourth-order valence-electron chi connectivity index (χ4n) is 5.46. The number of hydrogen-bond acceptors (Lipinski definition) is 4. The molecule has 0 spiro atoms. The van der Waals surface area contributed by atoms with Crippen molar-refractivity contribution in [2.24, 2.45) is 17.8 Å². The normalized spacial score (nSPS) is 25.1. The molecule has 4 nitrogen and oxygen atoms in total. The van der Waals surface area contributed by atoms with Crippen molar-refractivity contribution in [2.75, 3.05) is 7.11 Å². The molecule has 0 saturated heterocycles. The maximum Gasteiger partial charge on any atom is 0.305 e. The maximum absolute atomic E-state index is 11.5. The van der Waals surface area contributed by atoms with Crippen molar-refractivity contribution in [3.8, 4) is 0 Å². The van der Waals surface area contributed by atoms with Crippen LogP contribution < -0.4 is 0 Å². The minimum absolute atomic E-state index is 0.147. The summed E-state index contributed by atoms with van der Waals surface area (Å²) >= 11 is 0. The van der Waals surface area contributed by atoms with Crippen LogP contribution in [0.25, 0.3) is 0 Å². The van der Waals surface area contributed by atoms with Gasteiger partial charge in [-0.2, -0.15) is 0 Å². The van der Waals surface area contributed by atoms with Gasteiger partial charge in [0.2, 0.25) is 0 Å². The van der Waals surface area contributed by atoms with Crippen LogP contribution in [0.1, 0.15) is 99.8 Å². The molecule has 2 rings (SSSR count). The van der Waals surface area contributed by atoms with Crippen molar-refractivity contribution in [3.05, 3.63) is 36.0 Å². The minimum Gasteiger partial charge on any atom is -0.469 e. The summed E-state index contributed by atoms with van der Waals surface area (Å²) in [7, 11) is -2.33. The Morgan fingerprint density at radius 2 is 1.70 bits per heavy atom. The number of ether oxygens (including phenoxy) is 1. The van der Waals surface area contributed by atoms with Gasteiger partial charge in [-0.05, 0) is 73.8 Å². The molecule has 0 heterocycles. The molecule has 5 unspecified atom stereocenters. The van der Waals surface area contributed by atoms with Gasteiger partial charge in [0, 0.05) is 12.3 Å². The molecule has 0 aliphatic heterocycles. The Morgan fingerprint density at radius 1 is 1.05 bits per heavy atom. The molecule has 0 aromatic rings. The minimum atomic E-state index is -1.90. The molecule has 230 valence electrons. The lowest BCUT2D eigenvalue weighted by Gasteiger charge is -2.40. The summed E-state index contributed by atoms with van der Waals surface area (Å²) in [6, 6.07) is 0. The highest BCUT2D eigenvalue weighted by Gasteiger charge is 2.48. The van der Waals surface area contributed by atoms with Crippen molar-refractivity contribution in [3.63, 3.8) is 0 Å². The van der Waals surface area contributed by atoms with Crippen LogP contribution in [0.3, 0.4) is 0 Å². The number of hydrogen-bond donors (Lipinski definition) is 0. The number of carbonyl (C=O) groups is 1. The molecule has 1 fully saturated rings. The van der Waals surface area contributed by atoms with Crippen LogP contribution in [0, 0.1) is 17.8 Å². The third-order valence-corrected chi connectivity index (χ3v) is 19.1. The number of rotatable bonds is 14. The molecular formula is C34H62O4Si2. The quantitative estimate of drug-likeness (QED) is 0.0874. The van der Waals surface area contributed by atoms with Crippen LogP contribution in [0.5, 0.6) is 0 Å². The molecular weight excluding hydrogens is 529 g/mol. The van der Waals surface area contributed by atoms with E-state index < -0.39 is 16.6 Å². The van der Waals surface area contributed by atoms with Crippen LogP contribution in [0.4, 0.5) is 0 Å². The molecule has 0 radical (unpaired) electrons. The van der Waals surface area contributed by atoms with Crippen LogP contribution in [-0.2, 0) is 18.4 Å². The average Bonchev–Trinajstić information content (AvgIpc) is 3.35. The molecule has 0 aromatic carbocycles. The van der Waals surface area contributed by atoms with Gasteiger partial charge >= 0.3 is 5.97 Å². The van der Waals surface area contributed by atoms with Gasteiger partial charge < -0.3 is 13.6 Å². The Morgan fingerprint density at radius 3 is 2.27 bits per heavy atom. The van der Waals surface area contributed by atoms with Crippen LogP contribution in [0.15, 0.2) is 36.0 Å². The summed E-state index contributed by atoms with van der Waals surface area (Å²) in [6.07, 6.45) is 20.3. The van der Waals surface area contributed by atoms with Gasteiger partial charge in [-0.3, -0.25) is 4.79 Å². The van der Waals surface area contributed by atoms with Gasteiger partial charge in [-0.15, -0.1) is 0 Å². The Bertz CT molecular complexity index is 904. The first-order chi connectivity index (χ1) is 18.4. The Kier molecular flexibility index (Phi) is 12.8. The van der Waals surface area contributed by atoms with E-state index in [-0.39, 0.29) is 28.3 Å². The number of methoxy groups -OCH3 is 1. The second kappa shape index (κ2) is 14.5. The van der Waals surface area contributed by atoms with E-state index in [1.165, 1.54) is 31.9 Å². The average molecular weight is 591 g/mol. The number of carbonyl (C=O) groups excluding carboxylic acids is 1. The highest BCUT2D eigenvalue weighted by molar-refractivity contribution is 6.74. The van der Waals surface area contributed by atoms with Gasteiger partial charge in [0.25, 0.3) is 0 Å². The smallest absolute Gasteiger partial charge is 0.305 e. The first-order valence-corrected chi connectivity index (χ1v) is 21.7. The molecule has 0 aromatic heterocycles. The Labute approximate surface area is 249 Å². The first kappa shape index (κ1) is 35.2. The van der Waals surface area contributed by atoms with Crippen molar-refractivity contribution in [1.82, 2.24) is 0 Å². The molecule has 2 aliphatic rings. The summed E-state index contributed by atoms with van der Waals surface area (Å²) in [5.41, 5.74) is 1.40. The second-order valence-electron chi connectivity index (χ2n) is 15.3. The van der Waals surface area contributed by atoms with Gasteiger partial charge in [0.1, 0.15) is 0 Å². The second-order valence-corrected chi connectivity index (χ2v) is 24.8. The molecule has 0 bridgehead atoms. The van der Waals surface area contributed by atoms with Gasteiger partial charge in [0.05, 0.1) is 19.3 Å². The zero-order valence-electron chi connectivity index (χ0n) is 28.1. The topological polar surface area (TPSA) is 44.8 Å². The monoisotopic (exact) mass is 590 g/mol. The maximum atomic E-state index is 11.5. The number of unbranched alkanes of at least 4 members (excludes halogenated alkanes) is 2. The van der Waals surface area contributed by atoms with E-state index in [0.29, 0.717) is 24.2 Å².